The fourth-order valence-corrected chi connectivity index (χ4v) is 3.67. The Morgan fingerprint density at radius 2 is 1.73 bits per heavy atom. The molecule has 26 heavy (non-hydrogen) atoms. The van der Waals surface area contributed by atoms with E-state index in [0.29, 0.717) is 11.4 Å². The molecule has 0 aliphatic rings. The molecule has 2 aromatic carbocycles. The highest BCUT2D eigenvalue weighted by atomic mass is 32.2. The number of thiophene rings is 1. The lowest BCUT2D eigenvalue weighted by molar-refractivity contribution is 0.0696. The number of hydrogen-bond acceptors (Lipinski definition) is 4. The molecular weight excluding hydrogens is 366 g/mol. The van der Waals surface area contributed by atoms with E-state index in [-0.39, 0.29) is 11.5 Å². The molecule has 0 unspecified atom stereocenters. The number of benzene rings is 2. The number of aromatic carboxylic acids is 1. The van der Waals surface area contributed by atoms with Crippen molar-refractivity contribution in [3.8, 4) is 11.1 Å². The SMILES string of the molecule is CSc1ccc(-c2csc(C(=O)NCc3ccc(C(=O)O)cc3)c2)cc1. The summed E-state index contributed by atoms with van der Waals surface area (Å²) in [7, 11) is 0. The van der Waals surface area contributed by atoms with Crippen molar-refractivity contribution in [2.24, 2.45) is 0 Å². The van der Waals surface area contributed by atoms with E-state index in [0.717, 1.165) is 16.7 Å². The highest BCUT2D eigenvalue weighted by Crippen LogP contribution is 2.27. The van der Waals surface area contributed by atoms with Crippen LogP contribution in [-0.2, 0) is 6.54 Å². The third kappa shape index (κ3) is 4.33. The number of carboxylic acid groups (broad SMARTS) is 1. The standard InChI is InChI=1S/C20H17NO3S2/c1-25-17-8-6-14(7-9-17)16-10-18(26-12-16)19(22)21-11-13-2-4-15(5-3-13)20(23)24/h2-10,12H,11H2,1H3,(H,21,22)(H,23,24). The highest BCUT2D eigenvalue weighted by molar-refractivity contribution is 7.98. The van der Waals surface area contributed by atoms with Gasteiger partial charge in [-0.1, -0.05) is 24.3 Å². The van der Waals surface area contributed by atoms with Crippen molar-refractivity contribution in [1.82, 2.24) is 5.32 Å². The largest absolute Gasteiger partial charge is 0.478 e. The summed E-state index contributed by atoms with van der Waals surface area (Å²) in [6.07, 6.45) is 2.04. The average Bonchev–Trinajstić information content (AvgIpc) is 3.17. The zero-order valence-corrected chi connectivity index (χ0v) is 15.7. The Labute approximate surface area is 159 Å². The number of hydrogen-bond donors (Lipinski definition) is 2. The maximum atomic E-state index is 12.3. The van der Waals surface area contributed by atoms with Crippen LogP contribution >= 0.6 is 23.1 Å². The van der Waals surface area contributed by atoms with Gasteiger partial charge in [-0.15, -0.1) is 23.1 Å². The first-order valence-corrected chi connectivity index (χ1v) is 10.0. The molecule has 1 heterocycles. The number of thioether (sulfide) groups is 1. The van der Waals surface area contributed by atoms with Crippen LogP contribution in [0, 0.1) is 0 Å². The first-order valence-electron chi connectivity index (χ1n) is 7.90. The van der Waals surface area contributed by atoms with E-state index in [1.807, 2.05) is 17.7 Å². The second kappa shape index (κ2) is 8.21. The Morgan fingerprint density at radius 1 is 1.04 bits per heavy atom. The van der Waals surface area contributed by atoms with Crippen molar-refractivity contribution in [3.63, 3.8) is 0 Å². The van der Waals surface area contributed by atoms with E-state index >= 15 is 0 Å². The Kier molecular flexibility index (Phi) is 5.75. The summed E-state index contributed by atoms with van der Waals surface area (Å²) in [6, 6.07) is 16.6. The summed E-state index contributed by atoms with van der Waals surface area (Å²) >= 11 is 3.10. The summed E-state index contributed by atoms with van der Waals surface area (Å²) in [4.78, 5) is 25.0. The van der Waals surface area contributed by atoms with E-state index in [4.69, 9.17) is 5.11 Å². The first kappa shape index (κ1) is 18.2. The molecule has 0 bridgehead atoms. The highest BCUT2D eigenvalue weighted by Gasteiger charge is 2.10. The van der Waals surface area contributed by atoms with Gasteiger partial charge in [-0.2, -0.15) is 0 Å². The maximum absolute atomic E-state index is 12.3. The van der Waals surface area contributed by atoms with Gasteiger partial charge in [-0.3, -0.25) is 4.79 Å². The predicted molar refractivity (Wildman–Crippen MR) is 106 cm³/mol. The Bertz CT molecular complexity index is 915. The van der Waals surface area contributed by atoms with Gasteiger partial charge < -0.3 is 10.4 Å². The fourth-order valence-electron chi connectivity index (χ4n) is 2.42. The van der Waals surface area contributed by atoms with Crippen LogP contribution in [0.25, 0.3) is 11.1 Å². The lowest BCUT2D eigenvalue weighted by atomic mass is 10.1. The zero-order valence-electron chi connectivity index (χ0n) is 14.1. The number of nitrogens with one attached hydrogen (secondary N) is 1. The monoisotopic (exact) mass is 383 g/mol. The lowest BCUT2D eigenvalue weighted by Gasteiger charge is -2.04. The van der Waals surface area contributed by atoms with Crippen molar-refractivity contribution in [2.75, 3.05) is 6.26 Å². The molecule has 1 aromatic heterocycles. The molecule has 6 heteroatoms. The van der Waals surface area contributed by atoms with Crippen LogP contribution in [0.15, 0.2) is 64.9 Å². The van der Waals surface area contributed by atoms with Gasteiger partial charge in [-0.25, -0.2) is 4.79 Å². The molecule has 0 radical (unpaired) electrons. The summed E-state index contributed by atoms with van der Waals surface area (Å²) in [5.41, 5.74) is 3.20. The molecule has 4 nitrogen and oxygen atoms in total. The Hall–Kier alpha value is -2.57. The van der Waals surface area contributed by atoms with Crippen molar-refractivity contribution < 1.29 is 14.7 Å². The predicted octanol–water partition coefficient (Wildman–Crippen LogP) is 4.77. The van der Waals surface area contributed by atoms with Gasteiger partial charge in [0, 0.05) is 11.4 Å². The van der Waals surface area contributed by atoms with Crippen molar-refractivity contribution in [1.29, 1.82) is 0 Å². The van der Waals surface area contributed by atoms with Crippen LogP contribution in [0.4, 0.5) is 0 Å². The smallest absolute Gasteiger partial charge is 0.335 e. The Morgan fingerprint density at radius 3 is 2.35 bits per heavy atom. The van der Waals surface area contributed by atoms with Gasteiger partial charge in [0.15, 0.2) is 0 Å². The molecule has 3 rings (SSSR count). The third-order valence-corrected chi connectivity index (χ3v) is 5.57. The second-order valence-electron chi connectivity index (χ2n) is 5.61. The molecule has 0 spiro atoms. The molecule has 132 valence electrons. The molecule has 0 atom stereocenters. The third-order valence-electron chi connectivity index (χ3n) is 3.90. The lowest BCUT2D eigenvalue weighted by Crippen LogP contribution is -2.21. The molecule has 0 saturated carbocycles. The van der Waals surface area contributed by atoms with Crippen molar-refractivity contribution >= 4 is 35.0 Å². The molecule has 1 amide bonds. The van der Waals surface area contributed by atoms with Crippen molar-refractivity contribution in [2.45, 2.75) is 11.4 Å². The van der Waals surface area contributed by atoms with Crippen LogP contribution in [0.5, 0.6) is 0 Å². The molecular formula is C20H17NO3S2. The average molecular weight is 383 g/mol. The zero-order chi connectivity index (χ0) is 18.5. The van der Waals surface area contributed by atoms with Gasteiger partial charge >= 0.3 is 5.97 Å². The minimum Gasteiger partial charge on any atom is -0.478 e. The molecule has 0 saturated heterocycles. The second-order valence-corrected chi connectivity index (χ2v) is 7.40. The van der Waals surface area contributed by atoms with Gasteiger partial charge in [0.25, 0.3) is 5.91 Å². The molecule has 0 aliphatic carbocycles. The topological polar surface area (TPSA) is 66.4 Å². The number of carbonyl (C=O) groups excluding carboxylic acids is 1. The molecule has 2 N–H and O–H groups in total. The van der Waals surface area contributed by atoms with E-state index in [9.17, 15) is 9.59 Å². The molecule has 0 fully saturated rings. The van der Waals surface area contributed by atoms with E-state index in [2.05, 4.69) is 29.6 Å². The number of amides is 1. The van der Waals surface area contributed by atoms with Crippen LogP contribution in [0.3, 0.4) is 0 Å². The van der Waals surface area contributed by atoms with Gasteiger partial charge in [0.2, 0.25) is 0 Å². The van der Waals surface area contributed by atoms with Crippen LogP contribution in [0.2, 0.25) is 0 Å². The number of carbonyl (C=O) groups is 2. The minimum atomic E-state index is -0.961. The van der Waals surface area contributed by atoms with Crippen LogP contribution in [-0.4, -0.2) is 23.2 Å². The summed E-state index contributed by atoms with van der Waals surface area (Å²) in [5.74, 6) is -1.10. The van der Waals surface area contributed by atoms with Gasteiger partial charge in [-0.05, 0) is 58.7 Å². The van der Waals surface area contributed by atoms with E-state index in [1.54, 1.807) is 23.9 Å². The Balaban J connectivity index is 1.63. The number of carboxylic acids is 1. The maximum Gasteiger partial charge on any atom is 0.335 e. The first-order chi connectivity index (χ1) is 12.6. The van der Waals surface area contributed by atoms with Crippen LogP contribution < -0.4 is 5.32 Å². The van der Waals surface area contributed by atoms with Gasteiger partial charge in [0.05, 0.1) is 10.4 Å². The van der Waals surface area contributed by atoms with Crippen LogP contribution in [0.1, 0.15) is 25.6 Å². The quantitative estimate of drug-likeness (QED) is 0.602. The molecule has 0 aliphatic heterocycles. The fraction of sp³-hybridized carbons (Fsp3) is 0.100. The summed E-state index contributed by atoms with van der Waals surface area (Å²) in [5, 5.41) is 13.7. The van der Waals surface area contributed by atoms with Gasteiger partial charge in [0.1, 0.15) is 0 Å². The summed E-state index contributed by atoms with van der Waals surface area (Å²) < 4.78 is 0. The molecule has 3 aromatic rings. The number of rotatable bonds is 6. The minimum absolute atomic E-state index is 0.135. The van der Waals surface area contributed by atoms with E-state index in [1.165, 1.54) is 28.4 Å². The van der Waals surface area contributed by atoms with Crippen molar-refractivity contribution in [3.05, 3.63) is 76.0 Å². The summed E-state index contributed by atoms with van der Waals surface area (Å²) in [6.45, 7) is 0.356. The normalized spacial score (nSPS) is 10.5. The van der Waals surface area contributed by atoms with E-state index < -0.39 is 5.97 Å².